The van der Waals surface area contributed by atoms with Gasteiger partial charge in [0.15, 0.2) is 0 Å². The van der Waals surface area contributed by atoms with Gasteiger partial charge >= 0.3 is 11.9 Å². The van der Waals surface area contributed by atoms with Gasteiger partial charge in [0.1, 0.15) is 5.75 Å². The van der Waals surface area contributed by atoms with E-state index in [-0.39, 0.29) is 12.3 Å². The highest BCUT2D eigenvalue weighted by atomic mass is 16.4. The van der Waals surface area contributed by atoms with E-state index in [2.05, 4.69) is 0 Å². The van der Waals surface area contributed by atoms with Crippen molar-refractivity contribution in [3.05, 3.63) is 29.8 Å². The maximum atomic E-state index is 10.6. The molecule has 7 heteroatoms. The summed E-state index contributed by atoms with van der Waals surface area (Å²) in [6.07, 6.45) is -1.91. The van der Waals surface area contributed by atoms with Crippen molar-refractivity contribution >= 4 is 11.9 Å². The molecule has 0 spiro atoms. The van der Waals surface area contributed by atoms with E-state index >= 15 is 0 Å². The number of carboxylic acid groups (broad SMARTS) is 2. The number of aliphatic hydroxyl groups excluding tert-OH is 1. The van der Waals surface area contributed by atoms with E-state index in [0.717, 1.165) is 4.90 Å². The molecule has 0 heterocycles. The van der Waals surface area contributed by atoms with Crippen LogP contribution in [0, 0.1) is 0 Å². The SMILES string of the molecule is O=C(O)CN(Cc1cccc(O)c1)C(O)C(=O)O. The molecular formula is C11H13NO6. The number of hydrogen-bond acceptors (Lipinski definition) is 5. The fourth-order valence-corrected chi connectivity index (χ4v) is 1.45. The van der Waals surface area contributed by atoms with Crippen LogP contribution in [0.1, 0.15) is 5.56 Å². The molecule has 0 radical (unpaired) electrons. The van der Waals surface area contributed by atoms with Crippen LogP contribution in [0.25, 0.3) is 0 Å². The van der Waals surface area contributed by atoms with Crippen LogP contribution in [0.2, 0.25) is 0 Å². The maximum absolute atomic E-state index is 10.6. The number of carboxylic acids is 2. The van der Waals surface area contributed by atoms with E-state index in [1.54, 1.807) is 6.07 Å². The van der Waals surface area contributed by atoms with Gasteiger partial charge in [-0.05, 0) is 17.7 Å². The molecule has 4 N–H and O–H groups in total. The minimum Gasteiger partial charge on any atom is -0.508 e. The van der Waals surface area contributed by atoms with Crippen molar-refractivity contribution in [2.45, 2.75) is 12.8 Å². The molecule has 1 aromatic rings. The number of hydrogen-bond donors (Lipinski definition) is 4. The fourth-order valence-electron chi connectivity index (χ4n) is 1.45. The van der Waals surface area contributed by atoms with Gasteiger partial charge in [-0.1, -0.05) is 12.1 Å². The minimum absolute atomic E-state index is 0.0208. The largest absolute Gasteiger partial charge is 0.508 e. The summed E-state index contributed by atoms with van der Waals surface area (Å²) in [5.74, 6) is -2.81. The summed E-state index contributed by atoms with van der Waals surface area (Å²) in [6, 6.07) is 5.92. The van der Waals surface area contributed by atoms with Gasteiger partial charge in [0.2, 0.25) is 6.23 Å². The standard InChI is InChI=1S/C11H13NO6/c13-8-3-1-2-7(4-8)5-12(6-9(14)15)10(16)11(17)18/h1-4,10,13,16H,5-6H2,(H,14,15)(H,17,18). The molecule has 0 saturated carbocycles. The van der Waals surface area contributed by atoms with Gasteiger partial charge in [-0.2, -0.15) is 0 Å². The monoisotopic (exact) mass is 255 g/mol. The highest BCUT2D eigenvalue weighted by Crippen LogP contribution is 2.14. The smallest absolute Gasteiger partial charge is 0.348 e. The summed E-state index contributed by atoms with van der Waals surface area (Å²) in [4.78, 5) is 22.1. The van der Waals surface area contributed by atoms with Crippen molar-refractivity contribution in [1.82, 2.24) is 4.90 Å². The highest BCUT2D eigenvalue weighted by Gasteiger charge is 2.24. The predicted molar refractivity (Wildman–Crippen MR) is 59.8 cm³/mol. The van der Waals surface area contributed by atoms with Gasteiger partial charge in [0, 0.05) is 6.54 Å². The van der Waals surface area contributed by atoms with Crippen LogP contribution in [-0.4, -0.2) is 50.0 Å². The Balaban J connectivity index is 2.84. The van der Waals surface area contributed by atoms with Crippen LogP contribution in [0.5, 0.6) is 5.75 Å². The lowest BCUT2D eigenvalue weighted by molar-refractivity contribution is -0.161. The molecular weight excluding hydrogens is 242 g/mol. The second-order valence-electron chi connectivity index (χ2n) is 3.68. The highest BCUT2D eigenvalue weighted by molar-refractivity contribution is 5.74. The number of phenols is 1. The molecule has 0 aliphatic carbocycles. The second kappa shape index (κ2) is 5.99. The fraction of sp³-hybridized carbons (Fsp3) is 0.273. The summed E-state index contributed by atoms with van der Waals surface area (Å²) < 4.78 is 0. The van der Waals surface area contributed by atoms with Crippen LogP contribution >= 0.6 is 0 Å². The number of carbonyl (C=O) groups is 2. The van der Waals surface area contributed by atoms with Crippen LogP contribution in [0.15, 0.2) is 24.3 Å². The average molecular weight is 255 g/mol. The summed E-state index contributed by atoms with van der Waals surface area (Å²) in [5.41, 5.74) is 0.497. The summed E-state index contributed by atoms with van der Waals surface area (Å²) in [5, 5.41) is 35.9. The van der Waals surface area contributed by atoms with Crippen molar-refractivity contribution in [3.8, 4) is 5.75 Å². The molecule has 98 valence electrons. The van der Waals surface area contributed by atoms with Gasteiger partial charge in [0.05, 0.1) is 6.54 Å². The number of phenolic OH excluding ortho intramolecular Hbond substituents is 1. The van der Waals surface area contributed by atoms with Crippen molar-refractivity contribution in [2.24, 2.45) is 0 Å². The first-order valence-corrected chi connectivity index (χ1v) is 5.05. The molecule has 1 rings (SSSR count). The van der Waals surface area contributed by atoms with Gasteiger partial charge in [-0.15, -0.1) is 0 Å². The van der Waals surface area contributed by atoms with E-state index in [4.69, 9.17) is 10.2 Å². The second-order valence-corrected chi connectivity index (χ2v) is 3.68. The van der Waals surface area contributed by atoms with Crippen LogP contribution in [0.3, 0.4) is 0 Å². The third-order valence-electron chi connectivity index (χ3n) is 2.20. The molecule has 7 nitrogen and oxygen atoms in total. The number of benzene rings is 1. The van der Waals surface area contributed by atoms with E-state index in [1.165, 1.54) is 18.2 Å². The zero-order chi connectivity index (χ0) is 13.7. The Bertz CT molecular complexity index is 447. The molecule has 0 aliphatic rings. The van der Waals surface area contributed by atoms with Gasteiger partial charge in [-0.25, -0.2) is 4.79 Å². The lowest BCUT2D eigenvalue weighted by atomic mass is 10.2. The molecule has 1 aromatic carbocycles. The van der Waals surface area contributed by atoms with E-state index < -0.39 is 24.7 Å². The molecule has 0 bridgehead atoms. The minimum atomic E-state index is -1.91. The zero-order valence-corrected chi connectivity index (χ0v) is 9.35. The summed E-state index contributed by atoms with van der Waals surface area (Å²) >= 11 is 0. The first kappa shape index (κ1) is 13.9. The number of rotatable bonds is 6. The van der Waals surface area contributed by atoms with Crippen LogP contribution < -0.4 is 0 Å². The third-order valence-corrected chi connectivity index (χ3v) is 2.20. The van der Waals surface area contributed by atoms with Crippen LogP contribution in [-0.2, 0) is 16.1 Å². The van der Waals surface area contributed by atoms with E-state index in [0.29, 0.717) is 5.56 Å². The maximum Gasteiger partial charge on any atom is 0.348 e. The molecule has 0 aliphatic heterocycles. The predicted octanol–water partition coefficient (Wildman–Crippen LogP) is -0.318. The number of aliphatic hydroxyl groups is 1. The van der Waals surface area contributed by atoms with Gasteiger partial charge < -0.3 is 20.4 Å². The van der Waals surface area contributed by atoms with Gasteiger partial charge in [-0.3, -0.25) is 9.69 Å². The number of aromatic hydroxyl groups is 1. The van der Waals surface area contributed by atoms with Crippen molar-refractivity contribution in [2.75, 3.05) is 6.54 Å². The van der Waals surface area contributed by atoms with Crippen molar-refractivity contribution in [3.63, 3.8) is 0 Å². The van der Waals surface area contributed by atoms with Gasteiger partial charge in [0.25, 0.3) is 0 Å². The normalized spacial score (nSPS) is 12.3. The number of aliphatic carboxylic acids is 2. The Kier molecular flexibility index (Phi) is 4.64. The lowest BCUT2D eigenvalue weighted by Crippen LogP contribution is -2.43. The lowest BCUT2D eigenvalue weighted by Gasteiger charge is -2.23. The van der Waals surface area contributed by atoms with Crippen molar-refractivity contribution < 1.29 is 30.0 Å². The molecule has 0 amide bonds. The van der Waals surface area contributed by atoms with E-state index in [1.807, 2.05) is 0 Å². The third kappa shape index (κ3) is 4.04. The molecule has 18 heavy (non-hydrogen) atoms. The zero-order valence-electron chi connectivity index (χ0n) is 9.35. The van der Waals surface area contributed by atoms with Crippen molar-refractivity contribution in [1.29, 1.82) is 0 Å². The first-order valence-electron chi connectivity index (χ1n) is 5.05. The van der Waals surface area contributed by atoms with Crippen LogP contribution in [0.4, 0.5) is 0 Å². The topological polar surface area (TPSA) is 118 Å². The molecule has 0 fully saturated rings. The first-order chi connectivity index (χ1) is 8.40. The molecule has 1 atom stereocenters. The Labute approximate surface area is 103 Å². The molecule has 0 saturated heterocycles. The summed E-state index contributed by atoms with van der Waals surface area (Å²) in [7, 11) is 0. The number of nitrogens with zero attached hydrogens (tertiary/aromatic N) is 1. The average Bonchev–Trinajstić information content (AvgIpc) is 2.26. The molecule has 0 aromatic heterocycles. The Morgan fingerprint density at radius 3 is 2.44 bits per heavy atom. The Morgan fingerprint density at radius 2 is 1.94 bits per heavy atom. The molecule has 1 unspecified atom stereocenters. The van der Waals surface area contributed by atoms with E-state index in [9.17, 15) is 19.8 Å². The Morgan fingerprint density at radius 1 is 1.28 bits per heavy atom. The quantitative estimate of drug-likeness (QED) is 0.514. The Hall–Kier alpha value is -2.12. The summed E-state index contributed by atoms with van der Waals surface area (Å²) in [6.45, 7) is -0.725.